The van der Waals surface area contributed by atoms with E-state index >= 15 is 0 Å². The van der Waals surface area contributed by atoms with Gasteiger partial charge >= 0.3 is 17.9 Å². The van der Waals surface area contributed by atoms with Crippen molar-refractivity contribution in [1.29, 1.82) is 0 Å². The molecule has 0 aliphatic carbocycles. The van der Waals surface area contributed by atoms with E-state index in [9.17, 15) is 52.7 Å². The first kappa shape index (κ1) is 32.1. The van der Waals surface area contributed by atoms with Crippen LogP contribution in [-0.2, 0) is 22.2 Å². The van der Waals surface area contributed by atoms with Crippen LogP contribution < -0.4 is 0 Å². The molecular weight excluding hydrogens is 553 g/mol. The van der Waals surface area contributed by atoms with Crippen molar-refractivity contribution in [3.63, 3.8) is 0 Å². The summed E-state index contributed by atoms with van der Waals surface area (Å²) in [5.74, 6) is -1.53. The van der Waals surface area contributed by atoms with Gasteiger partial charge in [0.05, 0.1) is 16.9 Å². The van der Waals surface area contributed by atoms with Gasteiger partial charge in [-0.05, 0) is 75.9 Å². The first-order valence-corrected chi connectivity index (χ1v) is 13.5. The van der Waals surface area contributed by atoms with Crippen molar-refractivity contribution < 1.29 is 52.7 Å². The number of halogens is 9. The maximum Gasteiger partial charge on any atom is 0.497 e. The molecule has 0 radical (unpaired) electrons. The molecule has 1 aromatic rings. The van der Waals surface area contributed by atoms with Crippen molar-refractivity contribution in [1.82, 2.24) is 4.90 Å². The highest BCUT2D eigenvalue weighted by molar-refractivity contribution is 7.92. The normalized spacial score (nSPS) is 16.9. The van der Waals surface area contributed by atoms with Crippen molar-refractivity contribution in [3.8, 4) is 0 Å². The van der Waals surface area contributed by atoms with E-state index in [2.05, 4.69) is 4.90 Å². The molecule has 0 atom stereocenters. The van der Waals surface area contributed by atoms with E-state index in [0.29, 0.717) is 37.9 Å². The van der Waals surface area contributed by atoms with Gasteiger partial charge in [-0.25, -0.2) is 8.42 Å². The first-order valence-electron chi connectivity index (χ1n) is 11.9. The fraction of sp³-hybridized carbons (Fsp3) is 0.625. The van der Waals surface area contributed by atoms with Gasteiger partial charge in [0.2, 0.25) is 9.84 Å². The zero-order valence-corrected chi connectivity index (χ0v) is 21.0. The number of piperidine rings is 1. The van der Waals surface area contributed by atoms with Crippen molar-refractivity contribution in [2.24, 2.45) is 5.92 Å². The molecule has 14 heteroatoms. The van der Waals surface area contributed by atoms with Crippen LogP contribution in [0.5, 0.6) is 0 Å². The van der Waals surface area contributed by atoms with Crippen molar-refractivity contribution in [3.05, 3.63) is 47.0 Å². The van der Waals surface area contributed by atoms with E-state index in [-0.39, 0.29) is 24.8 Å². The standard InChI is InChI=1S/C24H28F9NO3S/c25-22(26,27)19-14-18(15-20(16-19)23(28,29)30)21(35)7-3-2-6-17-8-11-34(12-9-17)10-4-1-5-13-38(36,37)24(31,32)33/h2-3,14-17H,1,4-13H2/b3-2-. The zero-order valence-electron chi connectivity index (χ0n) is 20.2. The lowest BCUT2D eigenvalue weighted by atomic mass is 9.93. The van der Waals surface area contributed by atoms with Gasteiger partial charge in [-0.15, -0.1) is 0 Å². The Balaban J connectivity index is 1.75. The lowest BCUT2D eigenvalue weighted by Gasteiger charge is -2.31. The largest absolute Gasteiger partial charge is 0.497 e. The van der Waals surface area contributed by atoms with Gasteiger partial charge in [0.15, 0.2) is 5.78 Å². The predicted octanol–water partition coefficient (Wildman–Crippen LogP) is 7.06. The fourth-order valence-corrected chi connectivity index (χ4v) is 4.89. The Labute approximate surface area is 214 Å². The summed E-state index contributed by atoms with van der Waals surface area (Å²) in [6.45, 7) is 2.07. The number of carbonyl (C=O) groups excluding carboxylic acids is 1. The number of likely N-dealkylation sites (tertiary alicyclic amines) is 1. The van der Waals surface area contributed by atoms with E-state index < -0.39 is 55.9 Å². The minimum atomic E-state index is -5.23. The fourth-order valence-electron chi connectivity index (χ4n) is 4.08. The first-order chi connectivity index (χ1) is 17.4. The summed E-state index contributed by atoms with van der Waals surface area (Å²) in [5, 5.41) is 0. The molecule has 1 heterocycles. The second-order valence-electron chi connectivity index (χ2n) is 9.24. The Morgan fingerprint density at radius 2 is 1.39 bits per heavy atom. The summed E-state index contributed by atoms with van der Waals surface area (Å²) in [5.41, 5.74) is -8.98. The van der Waals surface area contributed by atoms with E-state index in [0.717, 1.165) is 25.9 Å². The minimum Gasteiger partial charge on any atom is -0.303 e. The lowest BCUT2D eigenvalue weighted by Crippen LogP contribution is -2.34. The number of carbonyl (C=O) groups is 1. The van der Waals surface area contributed by atoms with Crippen LogP contribution >= 0.6 is 0 Å². The summed E-state index contributed by atoms with van der Waals surface area (Å²) in [6.07, 6.45) is -4.30. The van der Waals surface area contributed by atoms with E-state index in [1.54, 1.807) is 6.08 Å². The quantitative estimate of drug-likeness (QED) is 0.122. The number of benzene rings is 1. The third-order valence-electron chi connectivity index (χ3n) is 6.30. The maximum atomic E-state index is 13.0. The topological polar surface area (TPSA) is 54.5 Å². The van der Waals surface area contributed by atoms with Crippen molar-refractivity contribution in [2.75, 3.05) is 25.4 Å². The number of alkyl halides is 9. The Morgan fingerprint density at radius 3 is 1.89 bits per heavy atom. The number of allylic oxidation sites excluding steroid dienone is 2. The van der Waals surface area contributed by atoms with Gasteiger partial charge < -0.3 is 4.90 Å². The van der Waals surface area contributed by atoms with Crippen LogP contribution in [0, 0.1) is 5.92 Å². The Kier molecular flexibility index (Phi) is 10.9. The molecule has 0 saturated carbocycles. The van der Waals surface area contributed by atoms with Crippen LogP contribution in [0.2, 0.25) is 0 Å². The average Bonchev–Trinajstić information content (AvgIpc) is 2.80. The van der Waals surface area contributed by atoms with Crippen molar-refractivity contribution in [2.45, 2.75) is 62.8 Å². The van der Waals surface area contributed by atoms with Crippen LogP contribution in [-0.4, -0.2) is 50.0 Å². The number of unbranched alkanes of at least 4 members (excludes halogenated alkanes) is 2. The molecule has 0 unspecified atom stereocenters. The van der Waals surface area contributed by atoms with Crippen LogP contribution in [0.15, 0.2) is 30.4 Å². The van der Waals surface area contributed by atoms with Crippen molar-refractivity contribution >= 4 is 15.6 Å². The summed E-state index contributed by atoms with van der Waals surface area (Å²) >= 11 is 0. The number of sulfone groups is 1. The number of nitrogens with zero attached hydrogens (tertiary/aromatic N) is 1. The van der Waals surface area contributed by atoms with Crippen LogP contribution in [0.1, 0.15) is 66.4 Å². The molecular formula is C24H28F9NO3S. The molecule has 38 heavy (non-hydrogen) atoms. The molecule has 1 aliphatic rings. The van der Waals surface area contributed by atoms with E-state index in [1.165, 1.54) is 6.08 Å². The Hall–Kier alpha value is -2.09. The second kappa shape index (κ2) is 12.8. The Bertz CT molecular complexity index is 1040. The van der Waals surface area contributed by atoms with Gasteiger partial charge in [-0.1, -0.05) is 18.6 Å². The van der Waals surface area contributed by atoms with E-state index in [4.69, 9.17) is 0 Å². The monoisotopic (exact) mass is 581 g/mol. The van der Waals surface area contributed by atoms with Gasteiger partial charge in [-0.3, -0.25) is 4.79 Å². The smallest absolute Gasteiger partial charge is 0.303 e. The molecule has 0 bridgehead atoms. The van der Waals surface area contributed by atoms with Gasteiger partial charge in [-0.2, -0.15) is 39.5 Å². The number of hydrogen-bond acceptors (Lipinski definition) is 4. The van der Waals surface area contributed by atoms with Gasteiger partial charge in [0.1, 0.15) is 0 Å². The van der Waals surface area contributed by atoms with Gasteiger partial charge in [0, 0.05) is 12.0 Å². The molecule has 0 aromatic heterocycles. The maximum absolute atomic E-state index is 13.0. The highest BCUT2D eigenvalue weighted by atomic mass is 32.2. The average molecular weight is 582 g/mol. The number of Topliss-reactive ketones (excluding diaryl/α,β-unsaturated/α-hetero) is 1. The van der Waals surface area contributed by atoms with Crippen LogP contribution in [0.25, 0.3) is 0 Å². The predicted molar refractivity (Wildman–Crippen MR) is 122 cm³/mol. The highest BCUT2D eigenvalue weighted by Crippen LogP contribution is 2.36. The second-order valence-corrected chi connectivity index (χ2v) is 11.3. The molecule has 216 valence electrons. The minimum absolute atomic E-state index is 0.0304. The Morgan fingerprint density at radius 1 is 0.842 bits per heavy atom. The summed E-state index contributed by atoms with van der Waals surface area (Å²) < 4.78 is 137. The molecule has 1 aliphatic heterocycles. The molecule has 1 aromatic carbocycles. The van der Waals surface area contributed by atoms with Gasteiger partial charge in [0.25, 0.3) is 0 Å². The molecule has 0 spiro atoms. The number of hydrogen-bond donors (Lipinski definition) is 0. The molecule has 0 N–H and O–H groups in total. The summed E-state index contributed by atoms with van der Waals surface area (Å²) in [6, 6.07) is 0.796. The highest BCUT2D eigenvalue weighted by Gasteiger charge is 2.44. The summed E-state index contributed by atoms with van der Waals surface area (Å²) in [4.78, 5) is 14.4. The SMILES string of the molecule is O=C(C/C=C\CC1CCN(CCCCCS(=O)(=O)C(F)(F)F)CC1)c1cc(C(F)(F)F)cc(C(F)(F)F)c1. The molecule has 4 nitrogen and oxygen atoms in total. The van der Waals surface area contributed by atoms with E-state index in [1.807, 2.05) is 0 Å². The number of ketones is 1. The molecule has 1 saturated heterocycles. The third kappa shape index (κ3) is 9.90. The number of rotatable bonds is 11. The molecule has 0 amide bonds. The summed E-state index contributed by atoms with van der Waals surface area (Å²) in [7, 11) is -5.09. The van der Waals surface area contributed by atoms with Crippen LogP contribution in [0.3, 0.4) is 0 Å². The molecule has 2 rings (SSSR count). The van der Waals surface area contributed by atoms with Crippen LogP contribution in [0.4, 0.5) is 39.5 Å². The lowest BCUT2D eigenvalue weighted by molar-refractivity contribution is -0.143. The zero-order chi connectivity index (χ0) is 28.8. The third-order valence-corrected chi connectivity index (χ3v) is 7.83. The molecule has 1 fully saturated rings.